The Bertz CT molecular complexity index is 775. The van der Waals surface area contributed by atoms with Crippen LogP contribution in [0.4, 0.5) is 0 Å². The lowest BCUT2D eigenvalue weighted by molar-refractivity contribution is -0.245. The molecule has 1 aromatic rings. The molecule has 0 unspecified atom stereocenters. The van der Waals surface area contributed by atoms with Gasteiger partial charge >= 0.3 is 17.9 Å². The largest absolute Gasteiger partial charge is 0.461 e. The fourth-order valence-corrected chi connectivity index (χ4v) is 3.42. The molecular formula is C20H24O9. The molecule has 4 atom stereocenters. The number of benzene rings is 1. The monoisotopic (exact) mass is 408 g/mol. The van der Waals surface area contributed by atoms with E-state index < -0.39 is 47.8 Å². The molecule has 0 bridgehead atoms. The molecule has 0 amide bonds. The summed E-state index contributed by atoms with van der Waals surface area (Å²) in [6.07, 6.45) is -2.73. The Morgan fingerprint density at radius 2 is 1.69 bits per heavy atom. The molecule has 1 aromatic carbocycles. The molecule has 2 saturated heterocycles. The third-order valence-corrected chi connectivity index (χ3v) is 4.59. The zero-order valence-corrected chi connectivity index (χ0v) is 16.7. The smallest absolute Gasteiger partial charge is 0.338 e. The summed E-state index contributed by atoms with van der Waals surface area (Å²) in [7, 11) is 0. The SMILES string of the molecule is CC(=O)OC[C@]1(OC(C)=O)[C@@H](COC(=O)c2ccccc2)O[C@@H]2OC(C)(C)O[C@@H]21. The number of carbonyl (C=O) groups is 3. The lowest BCUT2D eigenvalue weighted by Gasteiger charge is -2.36. The van der Waals surface area contributed by atoms with Gasteiger partial charge in [-0.05, 0) is 26.0 Å². The highest BCUT2D eigenvalue weighted by molar-refractivity contribution is 5.89. The Kier molecular flexibility index (Phi) is 5.92. The van der Waals surface area contributed by atoms with Crippen molar-refractivity contribution in [2.45, 2.75) is 57.6 Å². The molecular weight excluding hydrogens is 384 g/mol. The van der Waals surface area contributed by atoms with E-state index in [2.05, 4.69) is 0 Å². The number of fused-ring (bicyclic) bond motifs is 1. The molecule has 2 aliphatic heterocycles. The van der Waals surface area contributed by atoms with Crippen LogP contribution in [0.5, 0.6) is 0 Å². The highest BCUT2D eigenvalue weighted by Crippen LogP contribution is 2.45. The van der Waals surface area contributed by atoms with Gasteiger partial charge in [0.15, 0.2) is 18.2 Å². The van der Waals surface area contributed by atoms with Crippen molar-refractivity contribution in [2.24, 2.45) is 0 Å². The van der Waals surface area contributed by atoms with Gasteiger partial charge in [0.25, 0.3) is 0 Å². The van der Waals surface area contributed by atoms with Crippen molar-refractivity contribution in [2.75, 3.05) is 13.2 Å². The number of esters is 3. The van der Waals surface area contributed by atoms with E-state index in [1.807, 2.05) is 0 Å². The molecule has 0 aromatic heterocycles. The van der Waals surface area contributed by atoms with Crippen molar-refractivity contribution < 1.29 is 42.8 Å². The molecule has 3 rings (SSSR count). The number of carbonyl (C=O) groups excluding carboxylic acids is 3. The average molecular weight is 408 g/mol. The quantitative estimate of drug-likeness (QED) is 0.512. The number of ether oxygens (including phenoxy) is 6. The lowest BCUT2D eigenvalue weighted by atomic mass is 9.93. The van der Waals surface area contributed by atoms with Crippen LogP contribution in [-0.2, 0) is 38.0 Å². The highest BCUT2D eigenvalue weighted by Gasteiger charge is 2.67. The molecule has 0 radical (unpaired) electrons. The Labute approximate surface area is 168 Å². The van der Waals surface area contributed by atoms with Crippen molar-refractivity contribution in [1.82, 2.24) is 0 Å². The molecule has 2 heterocycles. The summed E-state index contributed by atoms with van der Waals surface area (Å²) in [6, 6.07) is 8.42. The Hall–Kier alpha value is -2.49. The summed E-state index contributed by atoms with van der Waals surface area (Å²) in [5, 5.41) is 0. The van der Waals surface area contributed by atoms with Gasteiger partial charge in [-0.2, -0.15) is 0 Å². The molecule has 0 N–H and O–H groups in total. The van der Waals surface area contributed by atoms with Crippen molar-refractivity contribution >= 4 is 17.9 Å². The van der Waals surface area contributed by atoms with Crippen LogP contribution in [0.25, 0.3) is 0 Å². The fraction of sp³-hybridized carbons (Fsp3) is 0.550. The van der Waals surface area contributed by atoms with E-state index in [0.29, 0.717) is 5.56 Å². The molecule has 0 spiro atoms. The first-order chi connectivity index (χ1) is 13.6. The molecule has 0 aliphatic carbocycles. The van der Waals surface area contributed by atoms with E-state index in [9.17, 15) is 14.4 Å². The molecule has 29 heavy (non-hydrogen) atoms. The fourth-order valence-electron chi connectivity index (χ4n) is 3.42. The Balaban J connectivity index is 1.83. The number of hydrogen-bond acceptors (Lipinski definition) is 9. The lowest BCUT2D eigenvalue weighted by Crippen LogP contribution is -2.57. The van der Waals surface area contributed by atoms with E-state index in [0.717, 1.165) is 0 Å². The molecule has 2 aliphatic rings. The molecule has 9 heteroatoms. The molecule has 9 nitrogen and oxygen atoms in total. The van der Waals surface area contributed by atoms with E-state index >= 15 is 0 Å². The third kappa shape index (κ3) is 4.58. The van der Waals surface area contributed by atoms with Crippen molar-refractivity contribution in [1.29, 1.82) is 0 Å². The summed E-state index contributed by atoms with van der Waals surface area (Å²) in [6.45, 7) is 5.22. The number of rotatable bonds is 6. The minimum absolute atomic E-state index is 0.261. The van der Waals surface area contributed by atoms with Crippen LogP contribution < -0.4 is 0 Å². The second-order valence-corrected chi connectivity index (χ2v) is 7.34. The second kappa shape index (κ2) is 8.10. The second-order valence-electron chi connectivity index (χ2n) is 7.34. The molecule has 158 valence electrons. The highest BCUT2D eigenvalue weighted by atomic mass is 16.8. The number of hydrogen-bond donors (Lipinski definition) is 0. The van der Waals surface area contributed by atoms with E-state index in [1.54, 1.807) is 44.2 Å². The first kappa shape index (κ1) is 21.2. The normalized spacial score (nSPS) is 29.7. The maximum atomic E-state index is 12.3. The van der Waals surface area contributed by atoms with Gasteiger partial charge in [0.05, 0.1) is 5.56 Å². The van der Waals surface area contributed by atoms with E-state index in [4.69, 9.17) is 28.4 Å². The van der Waals surface area contributed by atoms with Gasteiger partial charge in [0.1, 0.15) is 19.3 Å². The van der Waals surface area contributed by atoms with Crippen molar-refractivity contribution in [3.8, 4) is 0 Å². The maximum absolute atomic E-state index is 12.3. The Morgan fingerprint density at radius 3 is 2.31 bits per heavy atom. The minimum Gasteiger partial charge on any atom is -0.461 e. The first-order valence-corrected chi connectivity index (χ1v) is 9.19. The van der Waals surface area contributed by atoms with Crippen LogP contribution in [-0.4, -0.2) is 61.0 Å². The van der Waals surface area contributed by atoms with Gasteiger partial charge in [-0.3, -0.25) is 9.59 Å². The van der Waals surface area contributed by atoms with Gasteiger partial charge in [-0.15, -0.1) is 0 Å². The summed E-state index contributed by atoms with van der Waals surface area (Å²) in [5.41, 5.74) is -1.18. The predicted octanol–water partition coefficient (Wildman–Crippen LogP) is 1.58. The Morgan fingerprint density at radius 1 is 1.00 bits per heavy atom. The third-order valence-electron chi connectivity index (χ3n) is 4.59. The van der Waals surface area contributed by atoms with Gasteiger partial charge in [0.2, 0.25) is 5.60 Å². The summed E-state index contributed by atoms with van der Waals surface area (Å²) in [5.74, 6) is -2.77. The van der Waals surface area contributed by atoms with Crippen molar-refractivity contribution in [3.63, 3.8) is 0 Å². The van der Waals surface area contributed by atoms with Gasteiger partial charge in [-0.25, -0.2) is 4.79 Å². The molecule has 2 fully saturated rings. The van der Waals surface area contributed by atoms with E-state index in [-0.39, 0.29) is 13.2 Å². The van der Waals surface area contributed by atoms with Crippen LogP contribution in [0.2, 0.25) is 0 Å². The minimum atomic E-state index is -1.53. The first-order valence-electron chi connectivity index (χ1n) is 9.19. The van der Waals surface area contributed by atoms with Crippen LogP contribution in [0, 0.1) is 0 Å². The molecule has 0 saturated carbocycles. The van der Waals surface area contributed by atoms with Crippen LogP contribution in [0.15, 0.2) is 30.3 Å². The van der Waals surface area contributed by atoms with Crippen LogP contribution >= 0.6 is 0 Å². The van der Waals surface area contributed by atoms with Gasteiger partial charge in [0, 0.05) is 13.8 Å². The van der Waals surface area contributed by atoms with Crippen LogP contribution in [0.1, 0.15) is 38.1 Å². The van der Waals surface area contributed by atoms with Gasteiger partial charge < -0.3 is 28.4 Å². The van der Waals surface area contributed by atoms with Gasteiger partial charge in [-0.1, -0.05) is 18.2 Å². The van der Waals surface area contributed by atoms with Crippen molar-refractivity contribution in [3.05, 3.63) is 35.9 Å². The topological polar surface area (TPSA) is 107 Å². The zero-order valence-electron chi connectivity index (χ0n) is 16.7. The van der Waals surface area contributed by atoms with E-state index in [1.165, 1.54) is 13.8 Å². The summed E-state index contributed by atoms with van der Waals surface area (Å²) < 4.78 is 33.6. The average Bonchev–Trinajstić information content (AvgIpc) is 3.09. The summed E-state index contributed by atoms with van der Waals surface area (Å²) in [4.78, 5) is 35.6. The maximum Gasteiger partial charge on any atom is 0.338 e. The zero-order chi connectivity index (χ0) is 21.2. The van der Waals surface area contributed by atoms with Crippen LogP contribution in [0.3, 0.4) is 0 Å². The predicted molar refractivity (Wildman–Crippen MR) is 96.6 cm³/mol. The standard InChI is InChI=1S/C20H24O9/c1-12(21)25-11-20(27-13(2)22)15(26-18-16(20)28-19(3,4)29-18)10-24-17(23)14-8-6-5-7-9-14/h5-9,15-16,18H,10-11H2,1-4H3/t15-,16+,18-,20+/m1/s1. The summed E-state index contributed by atoms with van der Waals surface area (Å²) >= 11 is 0.